The number of rotatable bonds is 9. The van der Waals surface area contributed by atoms with Gasteiger partial charge in [0.15, 0.2) is 0 Å². The van der Waals surface area contributed by atoms with Gasteiger partial charge >= 0.3 is 0 Å². The number of amides is 1. The summed E-state index contributed by atoms with van der Waals surface area (Å²) in [5, 5.41) is 3.31. The lowest BCUT2D eigenvalue weighted by atomic mass is 10.0. The lowest BCUT2D eigenvalue weighted by Crippen LogP contribution is -2.20. The number of pyridine rings is 1. The molecule has 164 valence electrons. The van der Waals surface area contributed by atoms with Crippen molar-refractivity contribution in [3.05, 3.63) is 72.7 Å². The number of primary amides is 1. The molecule has 4 rings (SSSR count). The lowest BCUT2D eigenvalue weighted by molar-refractivity contribution is -0.121. The van der Waals surface area contributed by atoms with Crippen LogP contribution in [0.15, 0.2) is 66.9 Å². The van der Waals surface area contributed by atoms with E-state index < -0.39 is 0 Å². The summed E-state index contributed by atoms with van der Waals surface area (Å²) >= 11 is 0. The predicted molar refractivity (Wildman–Crippen MR) is 125 cm³/mol. The third-order valence-electron chi connectivity index (χ3n) is 5.52. The summed E-state index contributed by atoms with van der Waals surface area (Å²) in [4.78, 5) is 20.4. The molecule has 0 aliphatic carbocycles. The second-order valence-electron chi connectivity index (χ2n) is 7.89. The summed E-state index contributed by atoms with van der Waals surface area (Å²) in [5.74, 6) is 0.911. The van der Waals surface area contributed by atoms with Gasteiger partial charge in [-0.1, -0.05) is 25.5 Å². The van der Waals surface area contributed by atoms with Crippen molar-refractivity contribution < 1.29 is 9.18 Å². The molecule has 0 aliphatic heterocycles. The van der Waals surface area contributed by atoms with Crippen LogP contribution in [-0.4, -0.2) is 27.0 Å². The quantitative estimate of drug-likeness (QED) is 0.368. The highest BCUT2D eigenvalue weighted by Crippen LogP contribution is 2.28. The van der Waals surface area contributed by atoms with E-state index in [0.29, 0.717) is 0 Å². The molecule has 0 saturated heterocycles. The number of benzene rings is 2. The van der Waals surface area contributed by atoms with Crippen molar-refractivity contribution in [2.45, 2.75) is 26.2 Å². The van der Waals surface area contributed by atoms with Crippen molar-refractivity contribution in [2.75, 3.05) is 11.9 Å². The highest BCUT2D eigenvalue weighted by atomic mass is 19.1. The van der Waals surface area contributed by atoms with E-state index in [1.165, 1.54) is 12.1 Å². The van der Waals surface area contributed by atoms with Crippen molar-refractivity contribution >= 4 is 22.8 Å². The maximum Gasteiger partial charge on any atom is 0.220 e. The molecule has 2 aromatic carbocycles. The van der Waals surface area contributed by atoms with Gasteiger partial charge in [-0.3, -0.25) is 9.36 Å². The number of anilines is 1. The molecule has 4 aromatic rings. The number of aromatic nitrogens is 3. The molecule has 7 heteroatoms. The van der Waals surface area contributed by atoms with Crippen LogP contribution < -0.4 is 11.1 Å². The summed E-state index contributed by atoms with van der Waals surface area (Å²) in [6, 6.07) is 18.2. The highest BCUT2D eigenvalue weighted by Gasteiger charge is 2.14. The molecule has 32 heavy (non-hydrogen) atoms. The Bertz CT molecular complexity index is 1200. The summed E-state index contributed by atoms with van der Waals surface area (Å²) in [5.41, 5.74) is 8.80. The van der Waals surface area contributed by atoms with E-state index in [2.05, 4.69) is 10.3 Å². The van der Waals surface area contributed by atoms with Crippen LogP contribution in [0.3, 0.4) is 0 Å². The van der Waals surface area contributed by atoms with E-state index in [1.54, 1.807) is 18.3 Å². The maximum absolute atomic E-state index is 13.5. The lowest BCUT2D eigenvalue weighted by Gasteiger charge is -2.11. The molecule has 2 aromatic heterocycles. The minimum absolute atomic E-state index is 0.0900. The zero-order valence-corrected chi connectivity index (χ0v) is 18.0. The van der Waals surface area contributed by atoms with Crippen LogP contribution in [0, 0.1) is 11.7 Å². The van der Waals surface area contributed by atoms with Gasteiger partial charge in [-0.2, -0.15) is 0 Å². The molecular formula is C25H26FN5O. The average molecular weight is 432 g/mol. The van der Waals surface area contributed by atoms with Gasteiger partial charge in [-0.05, 0) is 61.4 Å². The first-order valence-corrected chi connectivity index (χ1v) is 10.8. The van der Waals surface area contributed by atoms with Crippen LogP contribution in [-0.2, 0) is 4.79 Å². The van der Waals surface area contributed by atoms with Crippen LogP contribution in [0.4, 0.5) is 10.2 Å². The number of para-hydroxylation sites is 2. The fourth-order valence-electron chi connectivity index (χ4n) is 3.64. The predicted octanol–water partition coefficient (Wildman–Crippen LogP) is 4.93. The normalized spacial score (nSPS) is 12.1. The Kier molecular flexibility index (Phi) is 6.44. The minimum atomic E-state index is -0.277. The van der Waals surface area contributed by atoms with Crippen LogP contribution in [0.5, 0.6) is 0 Å². The van der Waals surface area contributed by atoms with E-state index in [0.717, 1.165) is 59.7 Å². The van der Waals surface area contributed by atoms with Crippen molar-refractivity contribution in [3.8, 4) is 17.1 Å². The Hall–Kier alpha value is -3.74. The topological polar surface area (TPSA) is 85.8 Å². The first kappa shape index (κ1) is 21.5. The fraction of sp³-hybridized carbons (Fsp3) is 0.240. The molecule has 0 fully saturated rings. The fourth-order valence-corrected chi connectivity index (χ4v) is 3.64. The van der Waals surface area contributed by atoms with Crippen molar-refractivity contribution in [2.24, 2.45) is 11.7 Å². The van der Waals surface area contributed by atoms with Crippen molar-refractivity contribution in [3.63, 3.8) is 0 Å². The largest absolute Gasteiger partial charge is 0.370 e. The Labute approximate surface area is 186 Å². The summed E-state index contributed by atoms with van der Waals surface area (Å²) in [6.07, 6.45) is 4.44. The summed E-state index contributed by atoms with van der Waals surface area (Å²) < 4.78 is 15.5. The number of hydrogen-bond donors (Lipinski definition) is 2. The Balaban J connectivity index is 1.51. The Morgan fingerprint density at radius 2 is 1.88 bits per heavy atom. The molecule has 3 N–H and O–H groups in total. The molecular weight excluding hydrogens is 405 g/mol. The SMILES string of the molecule is CC(CCCCNc1ccc(-c2nc3ccccc3n2-c2ccc(F)cc2)cn1)C(N)=O. The minimum Gasteiger partial charge on any atom is -0.370 e. The number of carbonyl (C=O) groups excluding carboxylic acids is 1. The molecule has 1 atom stereocenters. The molecule has 0 radical (unpaired) electrons. The van der Waals surface area contributed by atoms with Crippen LogP contribution >= 0.6 is 0 Å². The Morgan fingerprint density at radius 1 is 1.09 bits per heavy atom. The number of unbranched alkanes of at least 4 members (excludes halogenated alkanes) is 1. The molecule has 1 amide bonds. The standard InChI is InChI=1S/C25H26FN5O/c1-17(24(27)32)6-4-5-15-28-23-14-9-18(16-29-23)25-30-21-7-2-3-8-22(21)31(25)20-12-10-19(26)11-13-20/h2-3,7-14,16-17H,4-6,15H2,1H3,(H2,27,32)(H,28,29). The second kappa shape index (κ2) is 9.60. The van der Waals surface area contributed by atoms with E-state index in [4.69, 9.17) is 10.7 Å². The monoisotopic (exact) mass is 431 g/mol. The maximum atomic E-state index is 13.5. The van der Waals surface area contributed by atoms with E-state index >= 15 is 0 Å². The van der Waals surface area contributed by atoms with Gasteiger partial charge in [0.1, 0.15) is 17.5 Å². The van der Waals surface area contributed by atoms with Crippen LogP contribution in [0.1, 0.15) is 26.2 Å². The Morgan fingerprint density at radius 3 is 2.59 bits per heavy atom. The first-order chi connectivity index (χ1) is 15.5. The molecule has 6 nitrogen and oxygen atoms in total. The molecule has 1 unspecified atom stereocenters. The zero-order chi connectivity index (χ0) is 22.5. The number of imidazole rings is 1. The second-order valence-corrected chi connectivity index (χ2v) is 7.89. The van der Waals surface area contributed by atoms with Crippen molar-refractivity contribution in [1.29, 1.82) is 0 Å². The van der Waals surface area contributed by atoms with Gasteiger partial charge in [0.25, 0.3) is 0 Å². The first-order valence-electron chi connectivity index (χ1n) is 10.8. The number of nitrogens with one attached hydrogen (secondary N) is 1. The third-order valence-corrected chi connectivity index (χ3v) is 5.52. The van der Waals surface area contributed by atoms with E-state index in [9.17, 15) is 9.18 Å². The molecule has 2 heterocycles. The third kappa shape index (κ3) is 4.77. The smallest absolute Gasteiger partial charge is 0.220 e. The van der Waals surface area contributed by atoms with Gasteiger partial charge < -0.3 is 11.1 Å². The zero-order valence-electron chi connectivity index (χ0n) is 18.0. The molecule has 0 aliphatic rings. The molecule has 0 spiro atoms. The number of hydrogen-bond acceptors (Lipinski definition) is 4. The molecule has 0 bridgehead atoms. The number of carbonyl (C=O) groups is 1. The number of nitrogens with two attached hydrogens (primary N) is 1. The van der Waals surface area contributed by atoms with Gasteiger partial charge in [-0.15, -0.1) is 0 Å². The van der Waals surface area contributed by atoms with E-state index in [1.807, 2.05) is 47.9 Å². The number of halogens is 1. The number of fused-ring (bicyclic) bond motifs is 1. The van der Waals surface area contributed by atoms with E-state index in [-0.39, 0.29) is 17.6 Å². The van der Waals surface area contributed by atoms with Crippen LogP contribution in [0.2, 0.25) is 0 Å². The van der Waals surface area contributed by atoms with Crippen molar-refractivity contribution in [1.82, 2.24) is 14.5 Å². The molecule has 0 saturated carbocycles. The van der Waals surface area contributed by atoms with Crippen LogP contribution in [0.25, 0.3) is 28.1 Å². The van der Waals surface area contributed by atoms with Gasteiger partial charge in [-0.25, -0.2) is 14.4 Å². The average Bonchev–Trinajstić information content (AvgIpc) is 3.19. The number of nitrogens with zero attached hydrogens (tertiary/aromatic N) is 3. The highest BCUT2D eigenvalue weighted by molar-refractivity contribution is 5.83. The van der Waals surface area contributed by atoms with Gasteiger partial charge in [0, 0.05) is 29.9 Å². The van der Waals surface area contributed by atoms with Gasteiger partial charge in [0.05, 0.1) is 11.0 Å². The summed E-state index contributed by atoms with van der Waals surface area (Å²) in [7, 11) is 0. The van der Waals surface area contributed by atoms with Gasteiger partial charge in [0.2, 0.25) is 5.91 Å². The summed E-state index contributed by atoms with van der Waals surface area (Å²) in [6.45, 7) is 2.63.